The van der Waals surface area contributed by atoms with Gasteiger partial charge in [0.2, 0.25) is 5.91 Å². The first-order valence-electron chi connectivity index (χ1n) is 8.93. The van der Waals surface area contributed by atoms with Crippen LogP contribution in [0.3, 0.4) is 0 Å². The molecule has 7 nitrogen and oxygen atoms in total. The van der Waals surface area contributed by atoms with Crippen molar-refractivity contribution < 1.29 is 9.53 Å². The average molecular weight is 355 g/mol. The maximum absolute atomic E-state index is 12.2. The molecule has 0 unspecified atom stereocenters. The first-order valence-corrected chi connectivity index (χ1v) is 8.93. The summed E-state index contributed by atoms with van der Waals surface area (Å²) in [5, 5.41) is 14.2. The van der Waals surface area contributed by atoms with Crippen molar-refractivity contribution in [1.29, 1.82) is 0 Å². The Bertz CT molecular complexity index is 714. The Kier molecular flexibility index (Phi) is 6.51. The standard InChI is InChI=1S/C19H25N5O2/c1-15-4-2-3-5-16(15)14-19(25)21-18-7-6-17(22-23-18)20-8-9-24-10-12-26-13-11-24/h2-7H,8-14H2,1H3,(H,20,22)(H,21,23,25). The highest BCUT2D eigenvalue weighted by molar-refractivity contribution is 5.91. The Morgan fingerprint density at radius 3 is 2.58 bits per heavy atom. The number of anilines is 2. The minimum absolute atomic E-state index is 0.0957. The number of hydrogen-bond acceptors (Lipinski definition) is 6. The molecule has 0 aliphatic carbocycles. The fourth-order valence-electron chi connectivity index (χ4n) is 2.83. The second-order valence-corrected chi connectivity index (χ2v) is 6.34. The van der Waals surface area contributed by atoms with E-state index in [0.717, 1.165) is 50.5 Å². The molecule has 0 spiro atoms. The molecule has 1 aliphatic heterocycles. The fourth-order valence-corrected chi connectivity index (χ4v) is 2.83. The van der Waals surface area contributed by atoms with Crippen LogP contribution in [0.2, 0.25) is 0 Å². The SMILES string of the molecule is Cc1ccccc1CC(=O)Nc1ccc(NCCN2CCOCC2)nn1. The van der Waals surface area contributed by atoms with Gasteiger partial charge in [-0.2, -0.15) is 0 Å². The topological polar surface area (TPSA) is 79.4 Å². The fraction of sp³-hybridized carbons (Fsp3) is 0.421. The number of nitrogens with zero attached hydrogens (tertiary/aromatic N) is 3. The lowest BCUT2D eigenvalue weighted by molar-refractivity contribution is -0.115. The van der Waals surface area contributed by atoms with E-state index in [1.54, 1.807) is 6.07 Å². The largest absolute Gasteiger partial charge is 0.379 e. The van der Waals surface area contributed by atoms with Crippen LogP contribution in [0.15, 0.2) is 36.4 Å². The quantitative estimate of drug-likeness (QED) is 0.787. The zero-order valence-corrected chi connectivity index (χ0v) is 15.1. The molecule has 0 radical (unpaired) electrons. The molecule has 3 rings (SSSR count). The molecule has 26 heavy (non-hydrogen) atoms. The molecule has 0 bridgehead atoms. The van der Waals surface area contributed by atoms with Crippen molar-refractivity contribution in [2.45, 2.75) is 13.3 Å². The summed E-state index contributed by atoms with van der Waals surface area (Å²) in [4.78, 5) is 14.5. The molecule has 138 valence electrons. The van der Waals surface area contributed by atoms with Crippen molar-refractivity contribution in [3.63, 3.8) is 0 Å². The Hall–Kier alpha value is -2.51. The molecule has 1 amide bonds. The van der Waals surface area contributed by atoms with E-state index in [2.05, 4.69) is 25.7 Å². The predicted octanol–water partition coefficient (Wildman–Crippen LogP) is 1.71. The number of amides is 1. The highest BCUT2D eigenvalue weighted by atomic mass is 16.5. The van der Waals surface area contributed by atoms with E-state index in [0.29, 0.717) is 18.1 Å². The molecule has 0 saturated carbocycles. The third-order valence-electron chi connectivity index (χ3n) is 4.38. The van der Waals surface area contributed by atoms with Gasteiger partial charge in [-0.3, -0.25) is 9.69 Å². The summed E-state index contributed by atoms with van der Waals surface area (Å²) in [7, 11) is 0. The molecule has 0 atom stereocenters. The first kappa shape index (κ1) is 18.3. The van der Waals surface area contributed by atoms with Crippen LogP contribution in [-0.2, 0) is 16.0 Å². The van der Waals surface area contributed by atoms with E-state index in [9.17, 15) is 4.79 Å². The number of aromatic nitrogens is 2. The molecule has 2 aromatic rings. The summed E-state index contributed by atoms with van der Waals surface area (Å²) >= 11 is 0. The number of hydrogen-bond donors (Lipinski definition) is 2. The molecule has 1 aliphatic rings. The van der Waals surface area contributed by atoms with Crippen LogP contribution in [0.25, 0.3) is 0 Å². The van der Waals surface area contributed by atoms with Crippen molar-refractivity contribution in [2.24, 2.45) is 0 Å². The lowest BCUT2D eigenvalue weighted by Crippen LogP contribution is -2.39. The second kappa shape index (κ2) is 9.26. The van der Waals surface area contributed by atoms with Crippen molar-refractivity contribution in [3.05, 3.63) is 47.5 Å². The van der Waals surface area contributed by atoms with Crippen LogP contribution in [-0.4, -0.2) is 60.4 Å². The van der Waals surface area contributed by atoms with Crippen LogP contribution < -0.4 is 10.6 Å². The van der Waals surface area contributed by atoms with Gasteiger partial charge in [0.05, 0.1) is 19.6 Å². The zero-order valence-electron chi connectivity index (χ0n) is 15.1. The van der Waals surface area contributed by atoms with Crippen LogP contribution in [0.5, 0.6) is 0 Å². The van der Waals surface area contributed by atoms with E-state index < -0.39 is 0 Å². The van der Waals surface area contributed by atoms with E-state index >= 15 is 0 Å². The van der Waals surface area contributed by atoms with Crippen molar-refractivity contribution >= 4 is 17.5 Å². The summed E-state index contributed by atoms with van der Waals surface area (Å²) in [6.07, 6.45) is 0.327. The van der Waals surface area contributed by atoms with Gasteiger partial charge in [0.15, 0.2) is 5.82 Å². The number of carbonyl (C=O) groups is 1. The third-order valence-corrected chi connectivity index (χ3v) is 4.38. The lowest BCUT2D eigenvalue weighted by atomic mass is 10.1. The second-order valence-electron chi connectivity index (χ2n) is 6.34. The molecule has 1 fully saturated rings. The van der Waals surface area contributed by atoms with E-state index in [1.165, 1.54) is 0 Å². The molecular weight excluding hydrogens is 330 g/mol. The van der Waals surface area contributed by atoms with Crippen LogP contribution in [0.4, 0.5) is 11.6 Å². The number of carbonyl (C=O) groups excluding carboxylic acids is 1. The normalized spacial score (nSPS) is 14.8. The lowest BCUT2D eigenvalue weighted by Gasteiger charge is -2.26. The number of rotatable bonds is 7. The molecule has 1 aromatic carbocycles. The summed E-state index contributed by atoms with van der Waals surface area (Å²) < 4.78 is 5.33. The van der Waals surface area contributed by atoms with Crippen LogP contribution >= 0.6 is 0 Å². The summed E-state index contributed by atoms with van der Waals surface area (Å²) in [6, 6.07) is 11.5. The maximum atomic E-state index is 12.2. The number of morpholine rings is 1. The smallest absolute Gasteiger partial charge is 0.230 e. The molecule has 1 saturated heterocycles. The van der Waals surface area contributed by atoms with E-state index in [1.807, 2.05) is 37.3 Å². The van der Waals surface area contributed by atoms with Gasteiger partial charge in [0, 0.05) is 26.2 Å². The Morgan fingerprint density at radius 2 is 1.85 bits per heavy atom. The van der Waals surface area contributed by atoms with Crippen molar-refractivity contribution in [2.75, 3.05) is 50.0 Å². The van der Waals surface area contributed by atoms with Gasteiger partial charge in [0.1, 0.15) is 5.82 Å². The molecule has 1 aromatic heterocycles. The molecule has 2 heterocycles. The van der Waals surface area contributed by atoms with Crippen LogP contribution in [0.1, 0.15) is 11.1 Å². The zero-order chi connectivity index (χ0) is 18.2. The Balaban J connectivity index is 1.43. The minimum atomic E-state index is -0.0957. The Morgan fingerprint density at radius 1 is 1.12 bits per heavy atom. The number of ether oxygens (including phenoxy) is 1. The highest BCUT2D eigenvalue weighted by Gasteiger charge is 2.10. The van der Waals surface area contributed by atoms with E-state index in [-0.39, 0.29) is 5.91 Å². The highest BCUT2D eigenvalue weighted by Crippen LogP contribution is 2.10. The molecule has 7 heteroatoms. The van der Waals surface area contributed by atoms with Gasteiger partial charge in [0.25, 0.3) is 0 Å². The van der Waals surface area contributed by atoms with Crippen LogP contribution in [0, 0.1) is 6.92 Å². The maximum Gasteiger partial charge on any atom is 0.230 e. The first-order chi connectivity index (χ1) is 12.7. The monoisotopic (exact) mass is 355 g/mol. The van der Waals surface area contributed by atoms with Gasteiger partial charge in [-0.05, 0) is 30.2 Å². The van der Waals surface area contributed by atoms with Gasteiger partial charge in [-0.25, -0.2) is 0 Å². The third kappa shape index (κ3) is 5.50. The number of benzene rings is 1. The predicted molar refractivity (Wildman–Crippen MR) is 101 cm³/mol. The van der Waals surface area contributed by atoms with Gasteiger partial charge < -0.3 is 15.4 Å². The summed E-state index contributed by atoms with van der Waals surface area (Å²) in [5.41, 5.74) is 2.12. The van der Waals surface area contributed by atoms with Gasteiger partial charge in [-0.15, -0.1) is 10.2 Å². The van der Waals surface area contributed by atoms with E-state index in [4.69, 9.17) is 4.74 Å². The minimum Gasteiger partial charge on any atom is -0.379 e. The summed E-state index contributed by atoms with van der Waals surface area (Å²) in [6.45, 7) is 7.29. The molecule has 2 N–H and O–H groups in total. The van der Waals surface area contributed by atoms with Gasteiger partial charge >= 0.3 is 0 Å². The average Bonchev–Trinajstić information content (AvgIpc) is 2.66. The van der Waals surface area contributed by atoms with Gasteiger partial charge in [-0.1, -0.05) is 24.3 Å². The van der Waals surface area contributed by atoms with Crippen molar-refractivity contribution in [3.8, 4) is 0 Å². The Labute approximate surface area is 153 Å². The number of nitrogens with one attached hydrogen (secondary N) is 2. The summed E-state index contributed by atoms with van der Waals surface area (Å²) in [5.74, 6) is 1.07. The van der Waals surface area contributed by atoms with Crippen molar-refractivity contribution in [1.82, 2.24) is 15.1 Å². The number of aryl methyl sites for hydroxylation is 1. The molecular formula is C19H25N5O2.